The summed E-state index contributed by atoms with van der Waals surface area (Å²) in [4.78, 5) is 38.1. The predicted molar refractivity (Wildman–Crippen MR) is 279 cm³/mol. The van der Waals surface area contributed by atoms with Crippen molar-refractivity contribution in [1.29, 1.82) is 0 Å². The van der Waals surface area contributed by atoms with Crippen LogP contribution < -0.4 is 0 Å². The van der Waals surface area contributed by atoms with E-state index < -0.39 is 6.10 Å². The van der Waals surface area contributed by atoms with E-state index in [4.69, 9.17) is 14.2 Å². The number of carbonyl (C=O) groups excluding carboxylic acids is 3. The van der Waals surface area contributed by atoms with Crippen molar-refractivity contribution in [2.45, 2.75) is 271 Å². The number of ether oxygens (including phenoxy) is 3. The fourth-order valence-corrected chi connectivity index (χ4v) is 7.66. The van der Waals surface area contributed by atoms with E-state index in [0.717, 1.165) is 83.5 Å². The maximum atomic E-state index is 12.8. The van der Waals surface area contributed by atoms with Crippen molar-refractivity contribution in [2.75, 3.05) is 13.2 Å². The Bertz CT molecular complexity index is 1230. The molecule has 0 saturated carbocycles. The Morgan fingerprint density at radius 3 is 1.11 bits per heavy atom. The van der Waals surface area contributed by atoms with Crippen LogP contribution >= 0.6 is 0 Å². The third-order valence-electron chi connectivity index (χ3n) is 11.8. The van der Waals surface area contributed by atoms with Gasteiger partial charge in [0.25, 0.3) is 0 Å². The Morgan fingerprint density at radius 2 is 0.662 bits per heavy atom. The summed E-state index contributed by atoms with van der Waals surface area (Å²) in [5.41, 5.74) is 0. The molecule has 0 amide bonds. The van der Waals surface area contributed by atoms with Crippen LogP contribution in [0, 0.1) is 0 Å². The Labute approximate surface area is 402 Å². The fraction of sp³-hybridized carbons (Fsp3) is 0.746. The molecular formula is C59H102O6. The number of rotatable bonds is 49. The van der Waals surface area contributed by atoms with E-state index >= 15 is 0 Å². The molecule has 0 heterocycles. The summed E-state index contributed by atoms with van der Waals surface area (Å²) < 4.78 is 16.8. The molecule has 374 valence electrons. The molecule has 0 aromatic carbocycles. The van der Waals surface area contributed by atoms with Crippen LogP contribution in [0.5, 0.6) is 0 Å². The first-order valence-corrected chi connectivity index (χ1v) is 27.5. The summed E-state index contributed by atoms with van der Waals surface area (Å²) in [5.74, 6) is -0.930. The minimum Gasteiger partial charge on any atom is -0.462 e. The number of unbranched alkanes of at least 4 members (excludes halogenated alkanes) is 29. The summed E-state index contributed by atoms with van der Waals surface area (Å²) in [7, 11) is 0. The van der Waals surface area contributed by atoms with Gasteiger partial charge in [0, 0.05) is 19.3 Å². The lowest BCUT2D eigenvalue weighted by Gasteiger charge is -2.18. The first-order valence-electron chi connectivity index (χ1n) is 27.5. The molecule has 0 aliphatic carbocycles. The highest BCUT2D eigenvalue weighted by Crippen LogP contribution is 2.16. The van der Waals surface area contributed by atoms with Crippen LogP contribution in [0.1, 0.15) is 265 Å². The summed E-state index contributed by atoms with van der Waals surface area (Å²) in [6.45, 7) is 6.45. The van der Waals surface area contributed by atoms with E-state index in [9.17, 15) is 14.4 Å². The largest absolute Gasteiger partial charge is 0.462 e. The monoisotopic (exact) mass is 907 g/mol. The molecule has 0 aromatic heterocycles. The van der Waals surface area contributed by atoms with Gasteiger partial charge in [0.15, 0.2) is 6.10 Å². The molecule has 0 N–H and O–H groups in total. The normalized spacial score (nSPS) is 12.6. The molecule has 0 spiro atoms. The second-order valence-electron chi connectivity index (χ2n) is 18.2. The second-order valence-corrected chi connectivity index (χ2v) is 18.2. The summed E-state index contributed by atoms with van der Waals surface area (Å²) in [5, 5.41) is 0. The average Bonchev–Trinajstić information content (AvgIpc) is 3.30. The van der Waals surface area contributed by atoms with Crippen LogP contribution in [-0.2, 0) is 28.6 Å². The van der Waals surface area contributed by atoms with Gasteiger partial charge in [-0.15, -0.1) is 0 Å². The number of hydrogen-bond acceptors (Lipinski definition) is 6. The molecule has 0 rings (SSSR count). The number of hydrogen-bond donors (Lipinski definition) is 0. The van der Waals surface area contributed by atoms with Crippen molar-refractivity contribution >= 4 is 17.9 Å². The lowest BCUT2D eigenvalue weighted by atomic mass is 10.0. The van der Waals surface area contributed by atoms with Gasteiger partial charge in [-0.1, -0.05) is 248 Å². The zero-order valence-electron chi connectivity index (χ0n) is 42.7. The minimum absolute atomic E-state index is 0.0907. The smallest absolute Gasteiger partial charge is 0.306 e. The number of allylic oxidation sites excluding steroid dienone is 12. The van der Waals surface area contributed by atoms with E-state index in [1.807, 2.05) is 30.4 Å². The lowest BCUT2D eigenvalue weighted by Crippen LogP contribution is -2.30. The zero-order chi connectivity index (χ0) is 47.2. The zero-order valence-corrected chi connectivity index (χ0v) is 42.7. The molecule has 0 fully saturated rings. The molecule has 0 radical (unpaired) electrons. The SMILES string of the molecule is CC\C=C/C=C\C=C/C=C\CCCCCC(=O)OCC(COC(=O)CCCCCCCCC/C=C\C/C=C\CCCCC)OC(=O)CCCCCCCCCCCCCCCCCCC. The molecule has 65 heavy (non-hydrogen) atoms. The van der Waals surface area contributed by atoms with Crippen molar-refractivity contribution in [1.82, 2.24) is 0 Å². The standard InChI is InChI=1S/C59H102O6/c1-4-7-10-13-16-19-22-25-27-29-31-34-37-40-43-46-49-52-58(61)64-55-56(54-63-57(60)51-48-45-42-39-36-33-24-21-18-15-12-9-6-3)65-59(62)53-50-47-44-41-38-35-32-30-28-26-23-20-17-14-11-8-5-2/h9,12,15-16,18-19,21,24-25,27,33,36,56H,4-8,10-11,13-14,17,20,22-23,26,28-32,34-35,37-55H2,1-3H3/b12-9-,18-15-,19-16-,24-21-,27-25-,36-33-. The molecule has 1 unspecified atom stereocenters. The maximum absolute atomic E-state index is 12.8. The number of esters is 3. The summed E-state index contributed by atoms with van der Waals surface area (Å²) in [6, 6.07) is 0. The van der Waals surface area contributed by atoms with Crippen molar-refractivity contribution in [2.24, 2.45) is 0 Å². The fourth-order valence-electron chi connectivity index (χ4n) is 7.66. The molecular weight excluding hydrogens is 805 g/mol. The Hall–Kier alpha value is -3.15. The Balaban J connectivity index is 4.41. The third-order valence-corrected chi connectivity index (χ3v) is 11.8. The third kappa shape index (κ3) is 51.7. The number of carbonyl (C=O) groups is 3. The van der Waals surface area contributed by atoms with Crippen molar-refractivity contribution in [3.05, 3.63) is 72.9 Å². The minimum atomic E-state index is -0.793. The average molecular weight is 907 g/mol. The van der Waals surface area contributed by atoms with Gasteiger partial charge in [-0.25, -0.2) is 0 Å². The highest BCUT2D eigenvalue weighted by Gasteiger charge is 2.19. The van der Waals surface area contributed by atoms with Crippen LogP contribution in [0.25, 0.3) is 0 Å². The highest BCUT2D eigenvalue weighted by atomic mass is 16.6. The molecule has 0 bridgehead atoms. The van der Waals surface area contributed by atoms with Gasteiger partial charge in [-0.3, -0.25) is 14.4 Å². The van der Waals surface area contributed by atoms with E-state index in [-0.39, 0.29) is 31.1 Å². The van der Waals surface area contributed by atoms with Gasteiger partial charge >= 0.3 is 17.9 Å². The maximum Gasteiger partial charge on any atom is 0.306 e. The van der Waals surface area contributed by atoms with Crippen molar-refractivity contribution in [3.8, 4) is 0 Å². The molecule has 1 atom stereocenters. The van der Waals surface area contributed by atoms with Gasteiger partial charge in [0.1, 0.15) is 13.2 Å². The summed E-state index contributed by atoms with van der Waals surface area (Å²) in [6.07, 6.45) is 67.5. The lowest BCUT2D eigenvalue weighted by molar-refractivity contribution is -0.167. The first-order chi connectivity index (χ1) is 32.0. The Kier molecular flexibility index (Phi) is 50.9. The van der Waals surface area contributed by atoms with Gasteiger partial charge in [0.2, 0.25) is 0 Å². The van der Waals surface area contributed by atoms with Crippen LogP contribution in [0.15, 0.2) is 72.9 Å². The van der Waals surface area contributed by atoms with E-state index in [1.54, 1.807) is 0 Å². The molecule has 6 heteroatoms. The van der Waals surface area contributed by atoms with Crippen molar-refractivity contribution in [3.63, 3.8) is 0 Å². The molecule has 0 saturated heterocycles. The van der Waals surface area contributed by atoms with Crippen molar-refractivity contribution < 1.29 is 28.6 Å². The topological polar surface area (TPSA) is 78.9 Å². The van der Waals surface area contributed by atoms with E-state index in [1.165, 1.54) is 141 Å². The second kappa shape index (κ2) is 53.5. The van der Waals surface area contributed by atoms with E-state index in [2.05, 4.69) is 63.3 Å². The van der Waals surface area contributed by atoms with Gasteiger partial charge in [0.05, 0.1) is 0 Å². The quantitative estimate of drug-likeness (QED) is 0.0199. The molecule has 6 nitrogen and oxygen atoms in total. The van der Waals surface area contributed by atoms with Crippen LogP contribution in [-0.4, -0.2) is 37.2 Å². The molecule has 0 aromatic rings. The van der Waals surface area contributed by atoms with Crippen LogP contribution in [0.2, 0.25) is 0 Å². The van der Waals surface area contributed by atoms with E-state index in [0.29, 0.717) is 19.3 Å². The van der Waals surface area contributed by atoms with Gasteiger partial charge in [-0.2, -0.15) is 0 Å². The summed E-state index contributed by atoms with van der Waals surface area (Å²) >= 11 is 0. The van der Waals surface area contributed by atoms with Gasteiger partial charge < -0.3 is 14.2 Å². The highest BCUT2D eigenvalue weighted by molar-refractivity contribution is 5.71. The van der Waals surface area contributed by atoms with Crippen LogP contribution in [0.4, 0.5) is 0 Å². The predicted octanol–water partition coefficient (Wildman–Crippen LogP) is 18.2. The Morgan fingerprint density at radius 1 is 0.338 bits per heavy atom. The van der Waals surface area contributed by atoms with Gasteiger partial charge in [-0.05, 0) is 70.6 Å². The molecule has 0 aliphatic heterocycles. The first kappa shape index (κ1) is 61.9. The van der Waals surface area contributed by atoms with Crippen LogP contribution in [0.3, 0.4) is 0 Å². The molecule has 0 aliphatic rings.